The molecule has 0 N–H and O–H groups in total. The van der Waals surface area contributed by atoms with Crippen molar-refractivity contribution in [1.29, 1.82) is 5.26 Å². The first-order valence-corrected chi connectivity index (χ1v) is 14.9. The van der Waals surface area contributed by atoms with Crippen LogP contribution < -0.4 is 0 Å². The molecule has 0 saturated carbocycles. The van der Waals surface area contributed by atoms with Crippen molar-refractivity contribution in [2.45, 2.75) is 150 Å². The average molecular weight is 502 g/mol. The summed E-state index contributed by atoms with van der Waals surface area (Å²) in [6.07, 6.45) is 27.3. The third-order valence-corrected chi connectivity index (χ3v) is 6.66. The van der Waals surface area contributed by atoms with Crippen LogP contribution in [0.3, 0.4) is 0 Å². The Hall–Kier alpha value is -0.0305. The van der Waals surface area contributed by atoms with Crippen LogP contribution in [-0.2, 0) is 0 Å². The first-order chi connectivity index (χ1) is 15.2. The van der Waals surface area contributed by atoms with Crippen molar-refractivity contribution >= 4 is 16.0 Å². The molecule has 0 aliphatic carbocycles. The van der Waals surface area contributed by atoms with Gasteiger partial charge in [-0.1, -0.05) is 105 Å². The quantitative estimate of drug-likeness (QED) is 0.0779. The summed E-state index contributed by atoms with van der Waals surface area (Å²) in [7, 11) is 0. The minimum atomic E-state index is 1.36. The number of unbranched alkanes of at least 4 members (excludes halogenated alkanes) is 15. The molecule has 0 aromatic carbocycles. The number of nitrogens with zero attached hydrogens (tertiary/aromatic N) is 2. The molecule has 3 heteroatoms. The summed E-state index contributed by atoms with van der Waals surface area (Å²) in [6, 6.07) is 0. The Morgan fingerprint density at radius 1 is 0.452 bits per heavy atom. The average Bonchev–Trinajstić information content (AvgIpc) is 2.76. The first-order valence-electron chi connectivity index (χ1n) is 14.0. The predicted molar refractivity (Wildman–Crippen MR) is 142 cm³/mol. The molecule has 31 heavy (non-hydrogen) atoms. The Morgan fingerprint density at radius 2 is 0.710 bits per heavy atom. The third kappa shape index (κ3) is 24.4. The molecule has 0 unspecified atom stereocenters. The van der Waals surface area contributed by atoms with Crippen LogP contribution in [0.15, 0.2) is 0 Å². The van der Waals surface area contributed by atoms with Crippen molar-refractivity contribution in [2.75, 3.05) is 26.2 Å². The van der Waals surface area contributed by atoms with E-state index in [-0.39, 0.29) is 0 Å². The molecule has 0 aliphatic heterocycles. The normalized spacial score (nSPS) is 11.1. The summed E-state index contributed by atoms with van der Waals surface area (Å²) in [5.74, 6) is 0. The van der Waals surface area contributed by atoms with E-state index in [1.54, 1.807) is 4.97 Å². The second kappa shape index (κ2) is 28.0. The Bertz CT molecular complexity index is 324. The molecule has 0 radical (unpaired) electrons. The van der Waals surface area contributed by atoms with E-state index in [1.165, 1.54) is 153 Å². The first kappa shape index (κ1) is 33.1. The predicted octanol–water partition coefficient (Wildman–Crippen LogP) is 8.93. The van der Waals surface area contributed by atoms with Gasteiger partial charge in [-0.2, -0.15) is 0 Å². The summed E-state index contributed by atoms with van der Waals surface area (Å²) in [5.41, 5.74) is 0. The maximum atomic E-state index is 7.26. The van der Waals surface area contributed by atoms with E-state index in [0.29, 0.717) is 0 Å². The zero-order valence-electron chi connectivity index (χ0n) is 22.1. The fraction of sp³-hybridized carbons (Fsp3) is 0.964. The van der Waals surface area contributed by atoms with Gasteiger partial charge >= 0.3 is 26.2 Å². The summed E-state index contributed by atoms with van der Waals surface area (Å²) in [4.78, 5) is 1.62. The zero-order valence-corrected chi connectivity index (χ0v) is 23.8. The molecule has 0 atom stereocenters. The van der Waals surface area contributed by atoms with E-state index in [2.05, 4.69) is 43.7 Å². The molecule has 0 saturated heterocycles. The van der Waals surface area contributed by atoms with Crippen LogP contribution in [0.5, 0.6) is 0 Å². The molecule has 0 fully saturated rings. The molecule has 0 amide bonds. The van der Waals surface area contributed by atoms with E-state index in [0.717, 1.165) is 0 Å². The van der Waals surface area contributed by atoms with Crippen molar-refractivity contribution in [3.8, 4) is 4.97 Å². The summed E-state index contributed by atoms with van der Waals surface area (Å²) in [5, 5.41) is 7.26. The van der Waals surface area contributed by atoms with Gasteiger partial charge in [0.2, 0.25) is 0 Å². The van der Waals surface area contributed by atoms with Gasteiger partial charge in [0.05, 0.1) is 26.2 Å². The molecular weight excluding hydrogens is 443 g/mol. The molecule has 2 nitrogen and oxygen atoms in total. The van der Waals surface area contributed by atoms with Crippen molar-refractivity contribution < 1.29 is 4.48 Å². The number of rotatable bonds is 23. The van der Waals surface area contributed by atoms with E-state index in [1.807, 2.05) is 0 Å². The van der Waals surface area contributed by atoms with Crippen LogP contribution in [0.25, 0.3) is 0 Å². The van der Waals surface area contributed by atoms with E-state index in [9.17, 15) is 0 Å². The van der Waals surface area contributed by atoms with Gasteiger partial charge in [-0.25, -0.2) is 0 Å². The molecule has 0 spiro atoms. The molecule has 0 aromatic rings. The number of quaternary nitrogens is 1. The van der Waals surface area contributed by atoms with Crippen LogP contribution in [0.2, 0.25) is 0 Å². The Kier molecular flexibility index (Phi) is 29.9. The van der Waals surface area contributed by atoms with Gasteiger partial charge in [-0.15, -0.1) is 0 Å². The fourth-order valence-corrected chi connectivity index (χ4v) is 4.83. The molecule has 186 valence electrons. The SMILES string of the molecule is CCCCCCCC[N+](CCC)(CCCCCCCC)CCCCCCCC.N#C[Se-]. The van der Waals surface area contributed by atoms with E-state index >= 15 is 0 Å². The van der Waals surface area contributed by atoms with Gasteiger partial charge in [-0.3, -0.25) is 0 Å². The standard InChI is InChI=1S/C27H58N.CHNSe/c1-5-9-12-15-18-21-25-28(24-8-4,26-22-19-16-13-10-6-2)27-23-20-17-14-11-7-3;2-1-3/h5-27H2,1-4H3;3H/q+1;/p-1. The Labute approximate surface area is 206 Å². The Balaban J connectivity index is 0. The van der Waals surface area contributed by atoms with Crippen molar-refractivity contribution in [3.05, 3.63) is 0 Å². The molecule has 0 heterocycles. The monoisotopic (exact) mass is 502 g/mol. The van der Waals surface area contributed by atoms with Gasteiger partial charge < -0.3 is 4.48 Å². The van der Waals surface area contributed by atoms with Gasteiger partial charge in [0.25, 0.3) is 0 Å². The molecule has 0 aliphatic rings. The van der Waals surface area contributed by atoms with E-state index < -0.39 is 0 Å². The van der Waals surface area contributed by atoms with Crippen LogP contribution >= 0.6 is 0 Å². The second-order valence-electron chi connectivity index (χ2n) is 9.63. The Morgan fingerprint density at radius 3 is 0.968 bits per heavy atom. The molecule has 0 bridgehead atoms. The van der Waals surface area contributed by atoms with Crippen LogP contribution in [-0.4, -0.2) is 46.7 Å². The topological polar surface area (TPSA) is 23.8 Å². The summed E-state index contributed by atoms with van der Waals surface area (Å²) >= 11 is 2.11. The van der Waals surface area contributed by atoms with Crippen LogP contribution in [0.4, 0.5) is 0 Å². The second-order valence-corrected chi connectivity index (χ2v) is 10.0. The molecule has 0 aromatic heterocycles. The fourth-order valence-electron chi connectivity index (χ4n) is 4.83. The zero-order chi connectivity index (χ0) is 23.5. The number of nitriles is 1. The van der Waals surface area contributed by atoms with Gasteiger partial charge in [0.1, 0.15) is 0 Å². The van der Waals surface area contributed by atoms with Crippen LogP contribution in [0, 0.1) is 10.2 Å². The molecule has 0 rings (SSSR count). The van der Waals surface area contributed by atoms with E-state index in [4.69, 9.17) is 5.26 Å². The van der Waals surface area contributed by atoms with Crippen molar-refractivity contribution in [3.63, 3.8) is 0 Å². The summed E-state index contributed by atoms with van der Waals surface area (Å²) < 4.78 is 1.45. The third-order valence-electron chi connectivity index (χ3n) is 6.66. The number of hydrogen-bond acceptors (Lipinski definition) is 1. The maximum absolute atomic E-state index is 7.26. The van der Waals surface area contributed by atoms with Gasteiger partial charge in [0, 0.05) is 0 Å². The summed E-state index contributed by atoms with van der Waals surface area (Å²) in [6.45, 7) is 15.2. The van der Waals surface area contributed by atoms with Crippen molar-refractivity contribution in [2.24, 2.45) is 0 Å². The molecular formula is C28H58N2Se. The van der Waals surface area contributed by atoms with Gasteiger partial charge in [-0.05, 0) is 44.9 Å². The van der Waals surface area contributed by atoms with Gasteiger partial charge in [0.15, 0.2) is 0 Å². The van der Waals surface area contributed by atoms with Crippen molar-refractivity contribution in [1.82, 2.24) is 0 Å². The number of hydrogen-bond donors (Lipinski definition) is 0. The van der Waals surface area contributed by atoms with Crippen LogP contribution in [0.1, 0.15) is 150 Å². The minimum absolute atomic E-state index is 1.36.